The number of methoxy groups -OCH3 is 1. The zero-order chi connectivity index (χ0) is 14.4. The Kier molecular flexibility index (Phi) is 5.65. The van der Waals surface area contributed by atoms with Gasteiger partial charge in [-0.05, 0) is 30.7 Å². The van der Waals surface area contributed by atoms with Gasteiger partial charge in [-0.25, -0.2) is 0 Å². The first-order chi connectivity index (χ1) is 9.69. The molecule has 1 N–H and O–H groups in total. The zero-order valence-electron chi connectivity index (χ0n) is 12.6. The minimum atomic E-state index is 0.0267. The van der Waals surface area contributed by atoms with Crippen LogP contribution in [-0.2, 0) is 11.3 Å². The van der Waals surface area contributed by atoms with E-state index in [0.717, 1.165) is 24.1 Å². The highest BCUT2D eigenvalue weighted by Crippen LogP contribution is 2.28. The first-order valence-electron chi connectivity index (χ1n) is 7.62. The van der Waals surface area contributed by atoms with Crippen molar-refractivity contribution in [2.75, 3.05) is 25.6 Å². The highest BCUT2D eigenvalue weighted by molar-refractivity contribution is 5.40. The van der Waals surface area contributed by atoms with Gasteiger partial charge in [0, 0.05) is 32.5 Å². The molecule has 2 atom stereocenters. The second kappa shape index (κ2) is 7.48. The van der Waals surface area contributed by atoms with Crippen molar-refractivity contribution in [3.8, 4) is 0 Å². The standard InChI is InChI=1S/C16H26N2O2/c1-13-4-3-5-14(10-13)11-17-15-6-7-16(19)18(12-15)8-9-20-2/h6-7,12-14,17H,3-5,8-11H2,1-2H3. The number of pyridine rings is 1. The molecule has 1 heterocycles. The summed E-state index contributed by atoms with van der Waals surface area (Å²) in [6, 6.07) is 3.50. The van der Waals surface area contributed by atoms with E-state index in [-0.39, 0.29) is 5.56 Å². The fourth-order valence-corrected chi connectivity index (χ4v) is 3.01. The summed E-state index contributed by atoms with van der Waals surface area (Å²) in [6.07, 6.45) is 7.25. The van der Waals surface area contributed by atoms with Gasteiger partial charge in [-0.1, -0.05) is 19.8 Å². The van der Waals surface area contributed by atoms with Gasteiger partial charge in [-0.2, -0.15) is 0 Å². The predicted molar refractivity (Wildman–Crippen MR) is 82.2 cm³/mol. The number of nitrogens with zero attached hydrogens (tertiary/aromatic N) is 1. The maximum atomic E-state index is 11.7. The van der Waals surface area contributed by atoms with Gasteiger partial charge in [0.25, 0.3) is 5.56 Å². The molecule has 20 heavy (non-hydrogen) atoms. The fourth-order valence-electron chi connectivity index (χ4n) is 3.01. The van der Waals surface area contributed by atoms with E-state index < -0.39 is 0 Å². The second-order valence-electron chi connectivity index (χ2n) is 5.96. The van der Waals surface area contributed by atoms with Crippen molar-refractivity contribution in [3.63, 3.8) is 0 Å². The van der Waals surface area contributed by atoms with Gasteiger partial charge in [0.15, 0.2) is 0 Å². The van der Waals surface area contributed by atoms with Crippen molar-refractivity contribution in [1.29, 1.82) is 0 Å². The molecule has 1 aromatic heterocycles. The van der Waals surface area contributed by atoms with E-state index >= 15 is 0 Å². The lowest BCUT2D eigenvalue weighted by Gasteiger charge is -2.27. The van der Waals surface area contributed by atoms with Crippen molar-refractivity contribution in [3.05, 3.63) is 28.7 Å². The average molecular weight is 278 g/mol. The van der Waals surface area contributed by atoms with E-state index in [9.17, 15) is 4.79 Å². The molecule has 0 radical (unpaired) electrons. The molecular weight excluding hydrogens is 252 g/mol. The molecule has 0 saturated heterocycles. The number of ether oxygens (including phenoxy) is 1. The van der Waals surface area contributed by atoms with Gasteiger partial charge in [-0.3, -0.25) is 4.79 Å². The molecule has 0 aromatic carbocycles. The number of aromatic nitrogens is 1. The predicted octanol–water partition coefficient (Wildman–Crippen LogP) is 2.73. The van der Waals surface area contributed by atoms with Gasteiger partial charge in [-0.15, -0.1) is 0 Å². The van der Waals surface area contributed by atoms with Crippen LogP contribution in [0.5, 0.6) is 0 Å². The summed E-state index contributed by atoms with van der Waals surface area (Å²) in [5.41, 5.74) is 1.05. The molecule has 2 rings (SSSR count). The smallest absolute Gasteiger partial charge is 0.250 e. The molecule has 1 aliphatic rings. The maximum Gasteiger partial charge on any atom is 0.250 e. The monoisotopic (exact) mass is 278 g/mol. The summed E-state index contributed by atoms with van der Waals surface area (Å²) in [6.45, 7) is 4.51. The van der Waals surface area contributed by atoms with Crippen LogP contribution < -0.4 is 10.9 Å². The summed E-state index contributed by atoms with van der Waals surface area (Å²) in [4.78, 5) is 11.7. The Balaban J connectivity index is 1.90. The Morgan fingerprint density at radius 3 is 3.00 bits per heavy atom. The summed E-state index contributed by atoms with van der Waals surface area (Å²) >= 11 is 0. The van der Waals surface area contributed by atoms with E-state index in [4.69, 9.17) is 4.74 Å². The summed E-state index contributed by atoms with van der Waals surface area (Å²) < 4.78 is 6.73. The second-order valence-corrected chi connectivity index (χ2v) is 5.96. The van der Waals surface area contributed by atoms with Crippen LogP contribution in [0.15, 0.2) is 23.1 Å². The van der Waals surface area contributed by atoms with Crippen LogP contribution >= 0.6 is 0 Å². The molecule has 1 aliphatic carbocycles. The lowest BCUT2D eigenvalue weighted by atomic mass is 9.82. The minimum absolute atomic E-state index is 0.0267. The van der Waals surface area contributed by atoms with Crippen molar-refractivity contribution in [2.24, 2.45) is 11.8 Å². The third-order valence-electron chi connectivity index (χ3n) is 4.16. The van der Waals surface area contributed by atoms with E-state index in [1.54, 1.807) is 17.7 Å². The minimum Gasteiger partial charge on any atom is -0.384 e. The third kappa shape index (κ3) is 4.37. The molecule has 2 unspecified atom stereocenters. The average Bonchev–Trinajstić information content (AvgIpc) is 2.45. The number of hydrogen-bond acceptors (Lipinski definition) is 3. The Bertz CT molecular complexity index is 470. The van der Waals surface area contributed by atoms with Crippen molar-refractivity contribution in [2.45, 2.75) is 39.2 Å². The molecule has 0 spiro atoms. The normalized spacial score (nSPS) is 22.7. The van der Waals surface area contributed by atoms with Crippen molar-refractivity contribution >= 4 is 5.69 Å². The number of nitrogens with one attached hydrogen (secondary N) is 1. The van der Waals surface area contributed by atoms with Crippen LogP contribution in [0.1, 0.15) is 32.6 Å². The largest absolute Gasteiger partial charge is 0.384 e. The number of anilines is 1. The SMILES string of the molecule is COCCn1cc(NCC2CCCC(C)C2)ccc1=O. The molecule has 0 aliphatic heterocycles. The molecule has 1 aromatic rings. The maximum absolute atomic E-state index is 11.7. The zero-order valence-corrected chi connectivity index (χ0v) is 12.6. The van der Waals surface area contributed by atoms with E-state index in [0.29, 0.717) is 13.2 Å². The van der Waals surface area contributed by atoms with Gasteiger partial charge < -0.3 is 14.6 Å². The van der Waals surface area contributed by atoms with Crippen LogP contribution in [0.25, 0.3) is 0 Å². The van der Waals surface area contributed by atoms with E-state index in [1.807, 2.05) is 12.3 Å². The van der Waals surface area contributed by atoms with Gasteiger partial charge in [0.05, 0.1) is 12.3 Å². The molecule has 112 valence electrons. The molecule has 0 amide bonds. The Labute approximate surface area is 121 Å². The summed E-state index contributed by atoms with van der Waals surface area (Å²) in [5.74, 6) is 1.62. The lowest BCUT2D eigenvalue weighted by molar-refractivity contribution is 0.186. The highest BCUT2D eigenvalue weighted by atomic mass is 16.5. The molecule has 1 saturated carbocycles. The molecule has 1 fully saturated rings. The number of rotatable bonds is 6. The Hall–Kier alpha value is -1.29. The third-order valence-corrected chi connectivity index (χ3v) is 4.16. The first-order valence-corrected chi connectivity index (χ1v) is 7.62. The summed E-state index contributed by atoms with van der Waals surface area (Å²) in [7, 11) is 1.65. The van der Waals surface area contributed by atoms with Gasteiger partial charge >= 0.3 is 0 Å². The van der Waals surface area contributed by atoms with E-state index in [1.165, 1.54) is 25.7 Å². The molecule has 4 nitrogen and oxygen atoms in total. The van der Waals surface area contributed by atoms with Crippen molar-refractivity contribution < 1.29 is 4.74 Å². The van der Waals surface area contributed by atoms with Crippen LogP contribution in [0.2, 0.25) is 0 Å². The van der Waals surface area contributed by atoms with Gasteiger partial charge in [0.1, 0.15) is 0 Å². The molecular formula is C16H26N2O2. The quantitative estimate of drug-likeness (QED) is 0.870. The van der Waals surface area contributed by atoms with E-state index in [2.05, 4.69) is 12.2 Å². The molecule has 0 bridgehead atoms. The molecule has 4 heteroatoms. The Morgan fingerprint density at radius 2 is 2.25 bits per heavy atom. The van der Waals surface area contributed by atoms with Crippen molar-refractivity contribution in [1.82, 2.24) is 4.57 Å². The van der Waals surface area contributed by atoms with Crippen LogP contribution in [0.3, 0.4) is 0 Å². The number of hydrogen-bond donors (Lipinski definition) is 1. The van der Waals surface area contributed by atoms with Crippen LogP contribution in [0.4, 0.5) is 5.69 Å². The summed E-state index contributed by atoms with van der Waals surface area (Å²) in [5, 5.41) is 3.48. The van der Waals surface area contributed by atoms with Crippen LogP contribution in [0, 0.1) is 11.8 Å². The van der Waals surface area contributed by atoms with Crippen LogP contribution in [-0.4, -0.2) is 24.8 Å². The lowest BCUT2D eigenvalue weighted by Crippen LogP contribution is -2.23. The fraction of sp³-hybridized carbons (Fsp3) is 0.688. The highest BCUT2D eigenvalue weighted by Gasteiger charge is 2.18. The Morgan fingerprint density at radius 1 is 1.40 bits per heavy atom. The topological polar surface area (TPSA) is 43.3 Å². The van der Waals surface area contributed by atoms with Gasteiger partial charge in [0.2, 0.25) is 0 Å². The first kappa shape index (κ1) is 15.1.